The van der Waals surface area contributed by atoms with Gasteiger partial charge in [0.25, 0.3) is 0 Å². The molecule has 1 fully saturated rings. The van der Waals surface area contributed by atoms with Crippen molar-refractivity contribution < 1.29 is 9.53 Å². The molecule has 0 N–H and O–H groups in total. The lowest BCUT2D eigenvalue weighted by atomic mass is 10.1. The number of hydrogen-bond donors (Lipinski definition) is 0. The highest BCUT2D eigenvalue weighted by atomic mass is 16.5. The van der Waals surface area contributed by atoms with Crippen molar-refractivity contribution >= 4 is 5.91 Å². The lowest BCUT2D eigenvalue weighted by molar-refractivity contribution is -0.131. The molecule has 1 aliphatic heterocycles. The van der Waals surface area contributed by atoms with Crippen molar-refractivity contribution in [1.82, 2.24) is 4.90 Å². The van der Waals surface area contributed by atoms with E-state index in [1.807, 2.05) is 11.0 Å². The minimum atomic E-state index is 0.198. The van der Waals surface area contributed by atoms with Crippen LogP contribution in [0.15, 0.2) is 18.2 Å². The van der Waals surface area contributed by atoms with E-state index in [9.17, 15) is 4.79 Å². The molecule has 102 valence electrons. The van der Waals surface area contributed by atoms with Crippen LogP contribution in [-0.4, -0.2) is 23.5 Å². The zero-order valence-corrected chi connectivity index (χ0v) is 11.5. The smallest absolute Gasteiger partial charge is 0.219 e. The Labute approximate surface area is 114 Å². The van der Waals surface area contributed by atoms with Crippen molar-refractivity contribution in [1.29, 1.82) is 0 Å². The van der Waals surface area contributed by atoms with Gasteiger partial charge in [0.2, 0.25) is 5.91 Å². The Kier molecular flexibility index (Phi) is 3.45. The summed E-state index contributed by atoms with van der Waals surface area (Å²) in [4.78, 5) is 13.9. The number of carbonyl (C=O) groups excluding carboxylic acids is 1. The van der Waals surface area contributed by atoms with E-state index in [0.29, 0.717) is 6.04 Å². The summed E-state index contributed by atoms with van der Waals surface area (Å²) in [5.74, 6) is 1.21. The first-order valence-electron chi connectivity index (χ1n) is 7.26. The van der Waals surface area contributed by atoms with E-state index in [4.69, 9.17) is 4.74 Å². The van der Waals surface area contributed by atoms with Crippen LogP contribution < -0.4 is 4.74 Å². The van der Waals surface area contributed by atoms with E-state index >= 15 is 0 Å². The van der Waals surface area contributed by atoms with Crippen LogP contribution >= 0.6 is 0 Å². The molecule has 1 heterocycles. The largest absolute Gasteiger partial charge is 0.493 e. The van der Waals surface area contributed by atoms with E-state index in [0.717, 1.165) is 38.2 Å². The number of hydrogen-bond acceptors (Lipinski definition) is 2. The number of rotatable bonds is 3. The Morgan fingerprint density at radius 2 is 2.16 bits per heavy atom. The third kappa shape index (κ3) is 2.60. The number of carbonyl (C=O) groups is 1. The van der Waals surface area contributed by atoms with Gasteiger partial charge >= 0.3 is 0 Å². The first-order chi connectivity index (χ1) is 9.24. The molecule has 0 saturated heterocycles. The van der Waals surface area contributed by atoms with Crippen LogP contribution in [0.3, 0.4) is 0 Å². The van der Waals surface area contributed by atoms with Gasteiger partial charge in [-0.25, -0.2) is 0 Å². The van der Waals surface area contributed by atoms with Gasteiger partial charge < -0.3 is 9.64 Å². The van der Waals surface area contributed by atoms with Gasteiger partial charge in [-0.05, 0) is 30.0 Å². The fourth-order valence-electron chi connectivity index (χ4n) is 3.25. The molecule has 1 amide bonds. The lowest BCUT2D eigenvalue weighted by Gasteiger charge is -2.28. The van der Waals surface area contributed by atoms with Gasteiger partial charge in [-0.2, -0.15) is 0 Å². The van der Waals surface area contributed by atoms with Crippen molar-refractivity contribution in [2.24, 2.45) is 0 Å². The van der Waals surface area contributed by atoms with Crippen LogP contribution in [0.2, 0.25) is 0 Å². The second kappa shape index (κ2) is 5.24. The summed E-state index contributed by atoms with van der Waals surface area (Å²) in [6, 6.07) is 6.79. The summed E-state index contributed by atoms with van der Waals surface area (Å²) in [5, 5.41) is 0. The molecular weight excluding hydrogens is 238 g/mol. The maximum atomic E-state index is 11.9. The van der Waals surface area contributed by atoms with Gasteiger partial charge in [0.05, 0.1) is 6.61 Å². The molecule has 0 bridgehead atoms. The summed E-state index contributed by atoms with van der Waals surface area (Å²) < 4.78 is 5.53. The molecular formula is C16H21NO2. The van der Waals surface area contributed by atoms with Gasteiger partial charge in [-0.1, -0.05) is 25.0 Å². The normalized spacial score (nSPS) is 18.2. The third-order valence-corrected chi connectivity index (χ3v) is 4.28. The van der Waals surface area contributed by atoms with E-state index in [-0.39, 0.29) is 5.91 Å². The fourth-order valence-corrected chi connectivity index (χ4v) is 3.25. The third-order valence-electron chi connectivity index (χ3n) is 4.28. The minimum Gasteiger partial charge on any atom is -0.493 e. The van der Waals surface area contributed by atoms with E-state index in [1.54, 1.807) is 6.92 Å². The molecule has 3 heteroatoms. The Balaban J connectivity index is 1.76. The molecule has 3 nitrogen and oxygen atoms in total. The highest BCUT2D eigenvalue weighted by Crippen LogP contribution is 2.28. The topological polar surface area (TPSA) is 29.5 Å². The number of nitrogens with zero attached hydrogens (tertiary/aromatic N) is 1. The molecule has 19 heavy (non-hydrogen) atoms. The number of ether oxygens (including phenoxy) is 1. The molecule has 3 rings (SSSR count). The first kappa shape index (κ1) is 12.5. The molecule has 1 aliphatic carbocycles. The highest BCUT2D eigenvalue weighted by molar-refractivity contribution is 5.73. The van der Waals surface area contributed by atoms with E-state index in [1.165, 1.54) is 24.0 Å². The molecule has 1 saturated carbocycles. The molecule has 0 unspecified atom stereocenters. The monoisotopic (exact) mass is 259 g/mol. The number of amides is 1. The van der Waals surface area contributed by atoms with Crippen LogP contribution in [0.1, 0.15) is 43.7 Å². The molecule has 0 spiro atoms. The SMILES string of the molecule is CC(=O)N(Cc1ccc2c(c1)CCO2)C1CCCC1. The molecule has 0 atom stereocenters. The van der Waals surface area contributed by atoms with Gasteiger partial charge in [-0.15, -0.1) is 0 Å². The molecule has 1 aromatic carbocycles. The summed E-state index contributed by atoms with van der Waals surface area (Å²) in [7, 11) is 0. The standard InChI is InChI=1S/C16H21NO2/c1-12(18)17(15-4-2-3-5-15)11-13-6-7-16-14(10-13)8-9-19-16/h6-7,10,15H,2-5,8-9,11H2,1H3. The summed E-state index contributed by atoms with van der Waals surface area (Å²) >= 11 is 0. The Morgan fingerprint density at radius 3 is 2.89 bits per heavy atom. The molecule has 0 radical (unpaired) electrons. The quantitative estimate of drug-likeness (QED) is 0.835. The van der Waals surface area contributed by atoms with Crippen LogP contribution in [0.4, 0.5) is 0 Å². The average molecular weight is 259 g/mol. The molecule has 0 aromatic heterocycles. The zero-order chi connectivity index (χ0) is 13.2. The van der Waals surface area contributed by atoms with E-state index < -0.39 is 0 Å². The Morgan fingerprint density at radius 1 is 1.37 bits per heavy atom. The van der Waals surface area contributed by atoms with Crippen LogP contribution in [0, 0.1) is 0 Å². The fraction of sp³-hybridized carbons (Fsp3) is 0.562. The molecule has 1 aromatic rings. The average Bonchev–Trinajstić information content (AvgIpc) is 3.06. The predicted octanol–water partition coefficient (Wildman–Crippen LogP) is 2.91. The first-order valence-corrected chi connectivity index (χ1v) is 7.26. The van der Waals surface area contributed by atoms with Crippen LogP contribution in [-0.2, 0) is 17.8 Å². The second-order valence-electron chi connectivity index (χ2n) is 5.63. The Bertz CT molecular complexity index is 478. The zero-order valence-electron chi connectivity index (χ0n) is 11.5. The highest BCUT2D eigenvalue weighted by Gasteiger charge is 2.25. The van der Waals surface area contributed by atoms with Crippen LogP contribution in [0.25, 0.3) is 0 Å². The van der Waals surface area contributed by atoms with Crippen molar-refractivity contribution in [3.05, 3.63) is 29.3 Å². The predicted molar refractivity (Wildman–Crippen MR) is 74.1 cm³/mol. The van der Waals surface area contributed by atoms with Crippen LogP contribution in [0.5, 0.6) is 5.75 Å². The van der Waals surface area contributed by atoms with E-state index in [2.05, 4.69) is 12.1 Å². The van der Waals surface area contributed by atoms with Gasteiger partial charge in [-0.3, -0.25) is 4.79 Å². The summed E-state index contributed by atoms with van der Waals surface area (Å²) in [6.45, 7) is 3.22. The van der Waals surface area contributed by atoms with Gasteiger partial charge in [0, 0.05) is 25.9 Å². The second-order valence-corrected chi connectivity index (χ2v) is 5.63. The van der Waals surface area contributed by atoms with Crippen molar-refractivity contribution in [3.63, 3.8) is 0 Å². The lowest BCUT2D eigenvalue weighted by Crippen LogP contribution is -2.36. The summed E-state index contributed by atoms with van der Waals surface area (Å²) in [6.07, 6.45) is 5.83. The minimum absolute atomic E-state index is 0.198. The number of fused-ring (bicyclic) bond motifs is 1. The number of benzene rings is 1. The van der Waals surface area contributed by atoms with Gasteiger partial charge in [0.1, 0.15) is 5.75 Å². The van der Waals surface area contributed by atoms with Crippen molar-refractivity contribution in [3.8, 4) is 5.75 Å². The summed E-state index contributed by atoms with van der Waals surface area (Å²) in [5.41, 5.74) is 2.51. The van der Waals surface area contributed by atoms with Crippen molar-refractivity contribution in [2.45, 2.75) is 51.6 Å². The van der Waals surface area contributed by atoms with Crippen molar-refractivity contribution in [2.75, 3.05) is 6.61 Å². The van der Waals surface area contributed by atoms with Gasteiger partial charge in [0.15, 0.2) is 0 Å². The molecule has 2 aliphatic rings. The maximum absolute atomic E-state index is 11.9. The Hall–Kier alpha value is -1.51. The maximum Gasteiger partial charge on any atom is 0.219 e.